The molecule has 0 amide bonds. The molecule has 1 aliphatic rings. The number of fused-ring (bicyclic) bond motifs is 1. The van der Waals surface area contributed by atoms with Crippen LogP contribution in [0.15, 0.2) is 24.3 Å². The van der Waals surface area contributed by atoms with Crippen LogP contribution in [-0.2, 0) is 18.9 Å². The highest BCUT2D eigenvalue weighted by Gasteiger charge is 2.27. The molecule has 0 spiro atoms. The van der Waals surface area contributed by atoms with Gasteiger partial charge < -0.3 is 0 Å². The maximum Gasteiger partial charge on any atom is 0.0758 e. The Hall–Kier alpha value is -1.28. The number of hydrogen-bond acceptors (Lipinski definition) is 1. The molecule has 112 valence electrons. The summed E-state index contributed by atoms with van der Waals surface area (Å²) in [7, 11) is 2.01. The van der Waals surface area contributed by atoms with Crippen molar-refractivity contribution in [3.05, 3.63) is 40.6 Å². The van der Waals surface area contributed by atoms with E-state index in [1.807, 2.05) is 17.8 Å². The Morgan fingerprint density at radius 1 is 1.38 bits per heavy atom. The van der Waals surface area contributed by atoms with Gasteiger partial charge in [-0.15, -0.1) is 0 Å². The van der Waals surface area contributed by atoms with Crippen LogP contribution in [0, 0.1) is 5.92 Å². The van der Waals surface area contributed by atoms with E-state index < -0.39 is 0 Å². The van der Waals surface area contributed by atoms with E-state index in [1.165, 1.54) is 24.0 Å². The molecule has 2 nitrogen and oxygen atoms in total. The van der Waals surface area contributed by atoms with Crippen LogP contribution in [0.3, 0.4) is 0 Å². The largest absolute Gasteiger partial charge is 0.267 e. The molecular formula is C18H23ClN2. The fraction of sp³-hybridized carbons (Fsp3) is 0.500. The molecule has 0 bridgehead atoms. The van der Waals surface area contributed by atoms with Crippen LogP contribution >= 0.6 is 11.6 Å². The minimum absolute atomic E-state index is 0.0708. The van der Waals surface area contributed by atoms with Crippen LogP contribution in [0.2, 0.25) is 5.02 Å². The lowest BCUT2D eigenvalue weighted by Gasteiger charge is -2.21. The van der Waals surface area contributed by atoms with Crippen molar-refractivity contribution in [2.75, 3.05) is 0 Å². The third kappa shape index (κ3) is 2.62. The van der Waals surface area contributed by atoms with Gasteiger partial charge in [-0.2, -0.15) is 5.10 Å². The van der Waals surface area contributed by atoms with Crippen LogP contribution in [-0.4, -0.2) is 9.78 Å². The third-order valence-electron chi connectivity index (χ3n) is 4.37. The average molecular weight is 303 g/mol. The van der Waals surface area contributed by atoms with E-state index in [0.29, 0.717) is 5.92 Å². The fourth-order valence-electron chi connectivity index (χ4n) is 3.04. The molecule has 0 N–H and O–H groups in total. The van der Waals surface area contributed by atoms with Gasteiger partial charge in [-0.25, -0.2) is 0 Å². The van der Waals surface area contributed by atoms with Gasteiger partial charge in [0, 0.05) is 18.9 Å². The van der Waals surface area contributed by atoms with E-state index in [0.717, 1.165) is 28.0 Å². The Labute approximate surface area is 131 Å². The third-order valence-corrected chi connectivity index (χ3v) is 4.68. The van der Waals surface area contributed by atoms with Crippen LogP contribution in [0.5, 0.6) is 0 Å². The standard InChI is InChI=1S/C18H23ClN2/c1-11(12-6-7-12)10-15-16-14(19)9-8-13(18(2,3)4)17(16)21(5)20-15/h8-9,12H,1,6-7,10H2,2-5H3. The minimum Gasteiger partial charge on any atom is -0.267 e. The van der Waals surface area contributed by atoms with Crippen LogP contribution in [0.4, 0.5) is 0 Å². The molecule has 0 unspecified atom stereocenters. The maximum absolute atomic E-state index is 6.49. The summed E-state index contributed by atoms with van der Waals surface area (Å²) in [6.45, 7) is 10.9. The van der Waals surface area contributed by atoms with Crippen LogP contribution in [0.1, 0.15) is 44.9 Å². The molecule has 2 aromatic rings. The molecule has 21 heavy (non-hydrogen) atoms. The Kier molecular flexibility index (Phi) is 3.40. The molecular weight excluding hydrogens is 280 g/mol. The van der Waals surface area contributed by atoms with E-state index in [1.54, 1.807) is 0 Å². The predicted octanol–water partition coefficient (Wildman–Crippen LogP) is 5.03. The first-order chi connectivity index (χ1) is 9.79. The molecule has 1 heterocycles. The van der Waals surface area contributed by atoms with Crippen LogP contribution in [0.25, 0.3) is 10.9 Å². The molecule has 1 aromatic carbocycles. The second-order valence-electron chi connectivity index (χ2n) is 7.25. The van der Waals surface area contributed by atoms with Crippen molar-refractivity contribution in [2.24, 2.45) is 13.0 Å². The Balaban J connectivity index is 2.16. The van der Waals surface area contributed by atoms with Gasteiger partial charge in [0.15, 0.2) is 0 Å². The summed E-state index contributed by atoms with van der Waals surface area (Å²) >= 11 is 6.49. The number of nitrogens with zero attached hydrogens (tertiary/aromatic N) is 2. The number of rotatable bonds is 3. The highest BCUT2D eigenvalue weighted by atomic mass is 35.5. The van der Waals surface area contributed by atoms with Crippen molar-refractivity contribution < 1.29 is 0 Å². The van der Waals surface area contributed by atoms with Crippen molar-refractivity contribution >= 4 is 22.5 Å². The number of halogens is 1. The maximum atomic E-state index is 6.49. The summed E-state index contributed by atoms with van der Waals surface area (Å²) < 4.78 is 1.98. The normalized spacial score (nSPS) is 15.7. The van der Waals surface area contributed by atoms with Gasteiger partial charge in [0.1, 0.15) is 0 Å². The van der Waals surface area contributed by atoms with Crippen LogP contribution < -0.4 is 0 Å². The second kappa shape index (κ2) is 4.88. The van der Waals surface area contributed by atoms with Crippen molar-refractivity contribution in [2.45, 2.75) is 45.4 Å². The van der Waals surface area contributed by atoms with Crippen molar-refractivity contribution in [3.8, 4) is 0 Å². The molecule has 1 aromatic heterocycles. The lowest BCUT2D eigenvalue weighted by molar-refractivity contribution is 0.590. The summed E-state index contributed by atoms with van der Waals surface area (Å²) in [5.74, 6) is 0.701. The Bertz CT molecular complexity index is 715. The van der Waals surface area contributed by atoms with Gasteiger partial charge in [-0.1, -0.05) is 50.6 Å². The summed E-state index contributed by atoms with van der Waals surface area (Å²) in [6, 6.07) is 4.14. The summed E-state index contributed by atoms with van der Waals surface area (Å²) in [4.78, 5) is 0. The van der Waals surface area contributed by atoms with Gasteiger partial charge in [0.2, 0.25) is 0 Å². The van der Waals surface area contributed by atoms with E-state index in [4.69, 9.17) is 16.7 Å². The lowest BCUT2D eigenvalue weighted by Crippen LogP contribution is -2.13. The van der Waals surface area contributed by atoms with Gasteiger partial charge in [-0.3, -0.25) is 4.68 Å². The lowest BCUT2D eigenvalue weighted by atomic mass is 9.85. The monoisotopic (exact) mass is 302 g/mol. The molecule has 1 fully saturated rings. The molecule has 0 aliphatic heterocycles. The van der Waals surface area contributed by atoms with E-state index in [2.05, 4.69) is 33.4 Å². The van der Waals surface area contributed by atoms with Crippen molar-refractivity contribution in [3.63, 3.8) is 0 Å². The zero-order chi connectivity index (χ0) is 15.4. The number of allylic oxidation sites excluding steroid dienone is 1. The SMILES string of the molecule is C=C(Cc1nn(C)c2c(C(C)(C)C)ccc(Cl)c12)C1CC1. The van der Waals surface area contributed by atoms with Gasteiger partial charge in [0.05, 0.1) is 16.2 Å². The summed E-state index contributed by atoms with van der Waals surface area (Å²) in [5.41, 5.74) is 4.89. The average Bonchev–Trinajstić information content (AvgIpc) is 3.16. The topological polar surface area (TPSA) is 17.8 Å². The first-order valence-corrected chi connectivity index (χ1v) is 7.99. The predicted molar refractivity (Wildman–Crippen MR) is 90.0 cm³/mol. The summed E-state index contributed by atoms with van der Waals surface area (Å²) in [6.07, 6.45) is 3.41. The quantitative estimate of drug-likeness (QED) is 0.727. The van der Waals surface area contributed by atoms with Gasteiger partial charge in [0.25, 0.3) is 0 Å². The number of benzene rings is 1. The molecule has 0 saturated heterocycles. The van der Waals surface area contributed by atoms with Crippen molar-refractivity contribution in [1.29, 1.82) is 0 Å². The number of aromatic nitrogens is 2. The molecule has 3 rings (SSSR count). The molecule has 0 atom stereocenters. The first-order valence-electron chi connectivity index (χ1n) is 7.61. The second-order valence-corrected chi connectivity index (χ2v) is 7.66. The first kappa shape index (κ1) is 14.6. The van der Waals surface area contributed by atoms with Gasteiger partial charge in [-0.05, 0) is 35.8 Å². The van der Waals surface area contributed by atoms with E-state index >= 15 is 0 Å². The summed E-state index contributed by atoms with van der Waals surface area (Å²) in [5, 5.41) is 6.65. The van der Waals surface area contributed by atoms with E-state index in [-0.39, 0.29) is 5.41 Å². The zero-order valence-electron chi connectivity index (χ0n) is 13.3. The molecule has 3 heteroatoms. The van der Waals surface area contributed by atoms with Gasteiger partial charge >= 0.3 is 0 Å². The van der Waals surface area contributed by atoms with E-state index in [9.17, 15) is 0 Å². The highest BCUT2D eigenvalue weighted by Crippen LogP contribution is 2.40. The zero-order valence-corrected chi connectivity index (χ0v) is 14.1. The molecule has 0 radical (unpaired) electrons. The molecule has 1 aliphatic carbocycles. The minimum atomic E-state index is 0.0708. The molecule has 1 saturated carbocycles. The number of hydrogen-bond donors (Lipinski definition) is 0. The Morgan fingerprint density at radius 2 is 2.05 bits per heavy atom. The van der Waals surface area contributed by atoms with Crippen molar-refractivity contribution in [1.82, 2.24) is 9.78 Å². The Morgan fingerprint density at radius 3 is 2.62 bits per heavy atom. The highest BCUT2D eigenvalue weighted by molar-refractivity contribution is 6.35. The number of aryl methyl sites for hydroxylation is 1. The fourth-order valence-corrected chi connectivity index (χ4v) is 3.30. The smallest absolute Gasteiger partial charge is 0.0758 e.